The van der Waals surface area contributed by atoms with E-state index in [0.29, 0.717) is 49.4 Å². The van der Waals surface area contributed by atoms with Gasteiger partial charge in [0, 0.05) is 26.6 Å². The van der Waals surface area contributed by atoms with Gasteiger partial charge in [-0.05, 0) is 37.2 Å². The quantitative estimate of drug-likeness (QED) is 0.527. The van der Waals surface area contributed by atoms with Crippen molar-refractivity contribution in [3.05, 3.63) is 41.9 Å². The minimum atomic E-state index is -3.65. The maximum atomic E-state index is 13.2. The van der Waals surface area contributed by atoms with E-state index in [2.05, 4.69) is 13.6 Å². The lowest BCUT2D eigenvalue weighted by Crippen LogP contribution is -2.35. The van der Waals surface area contributed by atoms with Gasteiger partial charge in [0.25, 0.3) is 0 Å². The van der Waals surface area contributed by atoms with Gasteiger partial charge < -0.3 is 9.15 Å². The molecule has 4 rings (SSSR count). The minimum absolute atomic E-state index is 0.110. The lowest BCUT2D eigenvalue weighted by molar-refractivity contribution is -0.142. The van der Waals surface area contributed by atoms with E-state index in [9.17, 15) is 13.2 Å². The van der Waals surface area contributed by atoms with Crippen LogP contribution in [0.4, 0.5) is 0 Å². The van der Waals surface area contributed by atoms with Crippen LogP contribution in [0.15, 0.2) is 39.6 Å². The van der Waals surface area contributed by atoms with Crippen LogP contribution in [0.5, 0.6) is 0 Å². The predicted molar refractivity (Wildman–Crippen MR) is 110 cm³/mol. The average molecular weight is 451 g/mol. The van der Waals surface area contributed by atoms with Crippen molar-refractivity contribution >= 4 is 38.8 Å². The van der Waals surface area contributed by atoms with Crippen molar-refractivity contribution in [2.75, 3.05) is 26.2 Å². The maximum Gasteiger partial charge on any atom is 0.303 e. The molecule has 0 atom stereocenters. The van der Waals surface area contributed by atoms with E-state index >= 15 is 0 Å². The SMILES string of the molecule is CC(=O)OCc1ccc(CN2CCCN(S(=O)(=O)c3cccc4nsnc34)CC2)o1. The number of esters is 1. The average Bonchev–Trinajstić information content (AvgIpc) is 3.30. The number of rotatable bonds is 6. The van der Waals surface area contributed by atoms with Crippen molar-refractivity contribution in [1.82, 2.24) is 18.0 Å². The second-order valence-corrected chi connectivity index (χ2v) is 9.50. The Hall–Kier alpha value is -2.34. The normalized spacial score (nSPS) is 16.6. The molecular formula is C19H22N4O5S2. The summed E-state index contributed by atoms with van der Waals surface area (Å²) >= 11 is 1.01. The van der Waals surface area contributed by atoms with Crippen LogP contribution in [0.1, 0.15) is 24.9 Å². The van der Waals surface area contributed by atoms with Crippen LogP contribution in [0.3, 0.4) is 0 Å². The predicted octanol–water partition coefficient (Wildman–Crippen LogP) is 2.24. The molecule has 1 aromatic carbocycles. The third-order valence-electron chi connectivity index (χ3n) is 4.93. The van der Waals surface area contributed by atoms with Crippen molar-refractivity contribution in [2.45, 2.75) is 31.4 Å². The first-order chi connectivity index (χ1) is 14.4. The highest BCUT2D eigenvalue weighted by Crippen LogP contribution is 2.25. The van der Waals surface area contributed by atoms with Crippen molar-refractivity contribution in [3.63, 3.8) is 0 Å². The number of sulfonamides is 1. The summed E-state index contributed by atoms with van der Waals surface area (Å²) in [4.78, 5) is 13.3. The lowest BCUT2D eigenvalue weighted by atomic mass is 10.3. The van der Waals surface area contributed by atoms with E-state index in [1.807, 2.05) is 6.07 Å². The van der Waals surface area contributed by atoms with Gasteiger partial charge in [-0.25, -0.2) is 8.42 Å². The zero-order valence-corrected chi connectivity index (χ0v) is 18.1. The molecule has 0 saturated carbocycles. The van der Waals surface area contributed by atoms with Crippen molar-refractivity contribution in [1.29, 1.82) is 0 Å². The Morgan fingerprint density at radius 3 is 2.80 bits per heavy atom. The molecule has 0 N–H and O–H groups in total. The highest BCUT2D eigenvalue weighted by atomic mass is 32.2. The highest BCUT2D eigenvalue weighted by Gasteiger charge is 2.29. The summed E-state index contributed by atoms with van der Waals surface area (Å²) in [6, 6.07) is 8.70. The van der Waals surface area contributed by atoms with Crippen molar-refractivity contribution in [2.24, 2.45) is 0 Å². The van der Waals surface area contributed by atoms with E-state index < -0.39 is 10.0 Å². The van der Waals surface area contributed by atoms with Gasteiger partial charge >= 0.3 is 5.97 Å². The van der Waals surface area contributed by atoms with Crippen LogP contribution >= 0.6 is 11.7 Å². The van der Waals surface area contributed by atoms with Crippen LogP contribution in [0.25, 0.3) is 11.0 Å². The second-order valence-electron chi connectivity index (χ2n) is 7.07. The maximum absolute atomic E-state index is 13.2. The Labute approximate surface area is 178 Å². The first-order valence-electron chi connectivity index (χ1n) is 9.58. The Morgan fingerprint density at radius 2 is 1.97 bits per heavy atom. The number of nitrogens with zero attached hydrogens (tertiary/aromatic N) is 4. The Bertz CT molecular complexity index is 1140. The zero-order chi connectivity index (χ0) is 21.1. The molecule has 0 aliphatic carbocycles. The molecule has 3 aromatic rings. The third-order valence-corrected chi connectivity index (χ3v) is 7.40. The van der Waals surface area contributed by atoms with E-state index in [0.717, 1.165) is 24.0 Å². The fourth-order valence-corrected chi connectivity index (χ4v) is 5.67. The summed E-state index contributed by atoms with van der Waals surface area (Å²) in [6.45, 7) is 4.21. The smallest absolute Gasteiger partial charge is 0.303 e. The van der Waals surface area contributed by atoms with Crippen LogP contribution in [0.2, 0.25) is 0 Å². The number of carbonyl (C=O) groups excluding carboxylic acids is 1. The molecule has 0 unspecified atom stereocenters. The summed E-state index contributed by atoms with van der Waals surface area (Å²) in [5.74, 6) is 0.988. The Morgan fingerprint density at radius 1 is 1.13 bits per heavy atom. The lowest BCUT2D eigenvalue weighted by Gasteiger charge is -2.21. The number of furan rings is 1. The van der Waals surface area contributed by atoms with Gasteiger partial charge in [0.05, 0.1) is 18.3 Å². The number of carbonyl (C=O) groups is 1. The van der Waals surface area contributed by atoms with Crippen LogP contribution in [-0.4, -0.2) is 58.5 Å². The molecule has 1 aliphatic rings. The van der Waals surface area contributed by atoms with Gasteiger partial charge in [-0.2, -0.15) is 13.1 Å². The highest BCUT2D eigenvalue weighted by molar-refractivity contribution is 7.89. The largest absolute Gasteiger partial charge is 0.461 e. The first-order valence-corrected chi connectivity index (χ1v) is 11.8. The van der Waals surface area contributed by atoms with Crippen LogP contribution in [-0.2, 0) is 32.7 Å². The molecule has 0 bridgehead atoms. The Balaban J connectivity index is 1.41. The summed E-state index contributed by atoms with van der Waals surface area (Å²) < 4.78 is 47.0. The fraction of sp³-hybridized carbons (Fsp3) is 0.421. The van der Waals surface area contributed by atoms with Gasteiger partial charge in [0.2, 0.25) is 10.0 Å². The molecular weight excluding hydrogens is 428 g/mol. The van der Waals surface area contributed by atoms with Gasteiger partial charge in [0.15, 0.2) is 0 Å². The second kappa shape index (κ2) is 8.80. The molecule has 11 heteroatoms. The first kappa shape index (κ1) is 20.9. The molecule has 160 valence electrons. The molecule has 1 aliphatic heterocycles. The summed E-state index contributed by atoms with van der Waals surface area (Å²) in [5.41, 5.74) is 1.03. The van der Waals surface area contributed by atoms with E-state index in [4.69, 9.17) is 9.15 Å². The number of benzene rings is 1. The number of fused-ring (bicyclic) bond motifs is 1. The molecule has 0 radical (unpaired) electrons. The standard InChI is InChI=1S/C19H22N4O5S2/c1-14(24)27-13-16-7-6-15(28-16)12-22-8-3-9-23(11-10-22)30(25,26)18-5-2-4-17-19(18)21-29-20-17/h2,4-7H,3,8-13H2,1H3. The molecule has 0 amide bonds. The van der Waals surface area contributed by atoms with Crippen LogP contribution < -0.4 is 0 Å². The van der Waals surface area contributed by atoms with E-state index in [1.165, 1.54) is 11.2 Å². The summed E-state index contributed by atoms with van der Waals surface area (Å²) in [5, 5.41) is 0. The van der Waals surface area contributed by atoms with Gasteiger partial charge in [-0.3, -0.25) is 9.69 Å². The van der Waals surface area contributed by atoms with E-state index in [-0.39, 0.29) is 17.5 Å². The molecule has 0 spiro atoms. The molecule has 9 nitrogen and oxygen atoms in total. The van der Waals surface area contributed by atoms with E-state index in [1.54, 1.807) is 24.3 Å². The number of ether oxygens (including phenoxy) is 1. The molecule has 2 aromatic heterocycles. The Kier molecular flexibility index (Phi) is 6.14. The molecule has 1 fully saturated rings. The molecule has 1 saturated heterocycles. The third kappa shape index (κ3) is 4.53. The minimum Gasteiger partial charge on any atom is -0.461 e. The topological polar surface area (TPSA) is 106 Å². The number of hydrogen-bond donors (Lipinski definition) is 0. The van der Waals surface area contributed by atoms with Gasteiger partial charge in [-0.1, -0.05) is 6.07 Å². The molecule has 3 heterocycles. The van der Waals surface area contributed by atoms with Crippen LogP contribution in [0, 0.1) is 0 Å². The van der Waals surface area contributed by atoms with Gasteiger partial charge in [0.1, 0.15) is 34.1 Å². The van der Waals surface area contributed by atoms with Crippen molar-refractivity contribution in [3.8, 4) is 0 Å². The summed E-state index contributed by atoms with van der Waals surface area (Å²) in [7, 11) is -3.65. The monoisotopic (exact) mass is 450 g/mol. The van der Waals surface area contributed by atoms with Crippen molar-refractivity contribution < 1.29 is 22.4 Å². The number of hydrogen-bond acceptors (Lipinski definition) is 9. The summed E-state index contributed by atoms with van der Waals surface area (Å²) in [6.07, 6.45) is 0.714. The zero-order valence-electron chi connectivity index (χ0n) is 16.5. The number of aromatic nitrogens is 2. The fourth-order valence-electron chi connectivity index (χ4n) is 3.45. The van der Waals surface area contributed by atoms with Gasteiger partial charge in [-0.15, -0.1) is 0 Å². The molecule has 30 heavy (non-hydrogen) atoms.